The number of carboxylic acid groups (broad SMARTS) is 1. The second kappa shape index (κ2) is 5.58. The minimum atomic E-state index is -0.714. The summed E-state index contributed by atoms with van der Waals surface area (Å²) < 4.78 is 0. The number of benzene rings is 1. The number of nitrogens with zero attached hydrogens (tertiary/aromatic N) is 2. The first-order valence-electron chi connectivity index (χ1n) is 8.83. The fourth-order valence-electron chi connectivity index (χ4n) is 4.41. The van der Waals surface area contributed by atoms with E-state index in [1.807, 2.05) is 18.2 Å². The monoisotopic (exact) mass is 342 g/mol. The molecule has 1 unspecified atom stereocenters. The summed E-state index contributed by atoms with van der Waals surface area (Å²) in [6, 6.07) is 6.97. The van der Waals surface area contributed by atoms with Crippen LogP contribution in [-0.4, -0.2) is 51.8 Å². The van der Waals surface area contributed by atoms with Gasteiger partial charge in [-0.3, -0.25) is 14.4 Å². The summed E-state index contributed by atoms with van der Waals surface area (Å²) in [5.41, 5.74) is 1.56. The van der Waals surface area contributed by atoms with E-state index in [1.165, 1.54) is 0 Å². The van der Waals surface area contributed by atoms with Crippen molar-refractivity contribution in [3.8, 4) is 0 Å². The summed E-state index contributed by atoms with van der Waals surface area (Å²) in [6.07, 6.45) is 2.23. The number of hydrogen-bond donors (Lipinski definition) is 1. The van der Waals surface area contributed by atoms with E-state index in [1.54, 1.807) is 22.8 Å². The van der Waals surface area contributed by atoms with Gasteiger partial charge in [0, 0.05) is 25.2 Å². The molecule has 6 heteroatoms. The number of amides is 2. The van der Waals surface area contributed by atoms with Gasteiger partial charge in [-0.05, 0) is 43.2 Å². The zero-order valence-corrected chi connectivity index (χ0v) is 14.3. The molecule has 2 atom stereocenters. The fraction of sp³-hybridized carbons (Fsp3) is 0.526. The molecule has 1 saturated carbocycles. The lowest BCUT2D eigenvalue weighted by atomic mass is 9.90. The lowest BCUT2D eigenvalue weighted by Crippen LogP contribution is -2.50. The van der Waals surface area contributed by atoms with Gasteiger partial charge in [0.1, 0.15) is 6.04 Å². The Morgan fingerprint density at radius 2 is 1.92 bits per heavy atom. The molecule has 2 aliphatic heterocycles. The summed E-state index contributed by atoms with van der Waals surface area (Å²) in [5.74, 6) is -1.08. The first-order chi connectivity index (χ1) is 11.9. The maximum atomic E-state index is 12.8. The molecular formula is C19H22N2O4. The van der Waals surface area contributed by atoms with Gasteiger partial charge in [-0.15, -0.1) is 0 Å². The van der Waals surface area contributed by atoms with Crippen LogP contribution in [-0.2, 0) is 16.1 Å². The first-order valence-corrected chi connectivity index (χ1v) is 8.83. The number of carboxylic acids is 1. The lowest BCUT2D eigenvalue weighted by Gasteiger charge is -2.36. The van der Waals surface area contributed by atoms with Gasteiger partial charge in [-0.2, -0.15) is 0 Å². The average Bonchev–Trinajstić information content (AvgIpc) is 3.22. The molecule has 3 aliphatic rings. The van der Waals surface area contributed by atoms with Crippen LogP contribution >= 0.6 is 0 Å². The summed E-state index contributed by atoms with van der Waals surface area (Å²) in [7, 11) is 0. The molecule has 0 aromatic heterocycles. The molecule has 2 heterocycles. The van der Waals surface area contributed by atoms with Crippen molar-refractivity contribution in [3.05, 3.63) is 35.4 Å². The Bertz CT molecular complexity index is 752. The summed E-state index contributed by atoms with van der Waals surface area (Å²) in [4.78, 5) is 40.0. The molecule has 6 nitrogen and oxygen atoms in total. The van der Waals surface area contributed by atoms with Crippen LogP contribution in [0, 0.1) is 11.3 Å². The maximum absolute atomic E-state index is 12.8. The van der Waals surface area contributed by atoms with Crippen molar-refractivity contribution in [1.82, 2.24) is 9.80 Å². The molecule has 1 saturated heterocycles. The van der Waals surface area contributed by atoms with Crippen LogP contribution in [0.5, 0.6) is 0 Å². The molecule has 25 heavy (non-hydrogen) atoms. The van der Waals surface area contributed by atoms with Gasteiger partial charge < -0.3 is 14.9 Å². The second-order valence-corrected chi connectivity index (χ2v) is 7.55. The van der Waals surface area contributed by atoms with E-state index < -0.39 is 12.0 Å². The van der Waals surface area contributed by atoms with Crippen molar-refractivity contribution in [3.63, 3.8) is 0 Å². The summed E-state index contributed by atoms with van der Waals surface area (Å²) in [6.45, 7) is 3.43. The van der Waals surface area contributed by atoms with Crippen LogP contribution in [0.25, 0.3) is 0 Å². The number of aliphatic carboxylic acids is 1. The highest BCUT2D eigenvalue weighted by Gasteiger charge is 2.59. The van der Waals surface area contributed by atoms with Crippen molar-refractivity contribution < 1.29 is 19.5 Å². The lowest BCUT2D eigenvalue weighted by molar-refractivity contribution is -0.140. The summed E-state index contributed by atoms with van der Waals surface area (Å²) in [5, 5.41) is 9.17. The van der Waals surface area contributed by atoms with E-state index in [9.17, 15) is 14.4 Å². The molecule has 0 radical (unpaired) electrons. The number of hydrogen-bond acceptors (Lipinski definition) is 3. The molecule has 4 rings (SSSR count). The van der Waals surface area contributed by atoms with Crippen LogP contribution in [0.15, 0.2) is 24.3 Å². The number of carbonyl (C=O) groups excluding carboxylic acids is 2. The van der Waals surface area contributed by atoms with E-state index in [0.29, 0.717) is 25.2 Å². The van der Waals surface area contributed by atoms with Gasteiger partial charge in [-0.1, -0.05) is 18.2 Å². The molecule has 2 amide bonds. The minimum Gasteiger partial charge on any atom is -0.481 e. The van der Waals surface area contributed by atoms with E-state index in [2.05, 4.69) is 0 Å². The largest absolute Gasteiger partial charge is 0.481 e. The van der Waals surface area contributed by atoms with Crippen molar-refractivity contribution in [1.29, 1.82) is 0 Å². The topological polar surface area (TPSA) is 77.9 Å². The van der Waals surface area contributed by atoms with Crippen LogP contribution in [0.3, 0.4) is 0 Å². The third-order valence-corrected chi connectivity index (χ3v) is 6.23. The third kappa shape index (κ3) is 2.51. The Labute approximate surface area is 146 Å². The molecule has 0 bridgehead atoms. The van der Waals surface area contributed by atoms with E-state index in [4.69, 9.17) is 5.11 Å². The van der Waals surface area contributed by atoms with Crippen molar-refractivity contribution in [2.75, 3.05) is 13.1 Å². The van der Waals surface area contributed by atoms with Gasteiger partial charge in [0.2, 0.25) is 5.91 Å². The zero-order valence-electron chi connectivity index (χ0n) is 14.3. The Hall–Kier alpha value is -2.37. The van der Waals surface area contributed by atoms with Gasteiger partial charge in [0.05, 0.1) is 5.92 Å². The Morgan fingerprint density at radius 1 is 1.24 bits per heavy atom. The predicted octanol–water partition coefficient (Wildman–Crippen LogP) is 1.74. The molecule has 132 valence electrons. The van der Waals surface area contributed by atoms with Gasteiger partial charge in [0.15, 0.2) is 0 Å². The Balaban J connectivity index is 1.40. The average molecular weight is 342 g/mol. The quantitative estimate of drug-likeness (QED) is 0.908. The number of piperidine rings is 1. The van der Waals surface area contributed by atoms with Gasteiger partial charge in [-0.25, -0.2) is 0 Å². The standard InChI is InChI=1S/C19H22N2O4/c1-12(21-11-13-4-2-3-5-14(13)17(21)23)16(22)20-8-6-19(7-9-20)10-15(19)18(24)25/h2-5,12,15H,6-11H2,1H3,(H,24,25)/t12-,15?/m1/s1. The van der Waals surface area contributed by atoms with Crippen LogP contribution < -0.4 is 0 Å². The van der Waals surface area contributed by atoms with E-state index >= 15 is 0 Å². The number of carbonyl (C=O) groups is 3. The first kappa shape index (κ1) is 16.1. The SMILES string of the molecule is C[C@H](C(=O)N1CCC2(CC1)CC2C(=O)O)N1Cc2ccccc2C1=O. The van der Waals surface area contributed by atoms with Crippen LogP contribution in [0.1, 0.15) is 42.1 Å². The van der Waals surface area contributed by atoms with Gasteiger partial charge in [0.25, 0.3) is 5.91 Å². The Kier molecular flexibility index (Phi) is 3.60. The molecule has 1 spiro atoms. The molecular weight excluding hydrogens is 320 g/mol. The highest BCUT2D eigenvalue weighted by atomic mass is 16.4. The smallest absolute Gasteiger partial charge is 0.307 e. The highest BCUT2D eigenvalue weighted by Crippen LogP contribution is 2.59. The van der Waals surface area contributed by atoms with Crippen molar-refractivity contribution in [2.45, 2.75) is 38.8 Å². The molecule has 2 fully saturated rings. The minimum absolute atomic E-state index is 0.0384. The van der Waals surface area contributed by atoms with Gasteiger partial charge >= 0.3 is 5.97 Å². The molecule has 1 N–H and O–H groups in total. The van der Waals surface area contributed by atoms with E-state index in [-0.39, 0.29) is 23.1 Å². The Morgan fingerprint density at radius 3 is 2.52 bits per heavy atom. The number of fused-ring (bicyclic) bond motifs is 1. The molecule has 1 aromatic carbocycles. The van der Waals surface area contributed by atoms with Crippen molar-refractivity contribution in [2.24, 2.45) is 11.3 Å². The van der Waals surface area contributed by atoms with E-state index in [0.717, 1.165) is 24.8 Å². The summed E-state index contributed by atoms with van der Waals surface area (Å²) >= 11 is 0. The van der Waals surface area contributed by atoms with Crippen LogP contribution in [0.2, 0.25) is 0 Å². The fourth-order valence-corrected chi connectivity index (χ4v) is 4.41. The molecule has 1 aromatic rings. The second-order valence-electron chi connectivity index (χ2n) is 7.55. The maximum Gasteiger partial charge on any atom is 0.307 e. The highest BCUT2D eigenvalue weighted by molar-refractivity contribution is 6.01. The zero-order chi connectivity index (χ0) is 17.8. The van der Waals surface area contributed by atoms with Crippen molar-refractivity contribution >= 4 is 17.8 Å². The number of likely N-dealkylation sites (tertiary alicyclic amines) is 1. The third-order valence-electron chi connectivity index (χ3n) is 6.23. The van der Waals surface area contributed by atoms with Crippen LogP contribution in [0.4, 0.5) is 0 Å². The number of rotatable bonds is 3. The normalized spacial score (nSPS) is 25.0. The predicted molar refractivity (Wildman–Crippen MR) is 89.8 cm³/mol. The molecule has 1 aliphatic carbocycles.